The number of hydrogen-bond acceptors (Lipinski definition) is 1. The minimum absolute atomic E-state index is 0.472. The van der Waals surface area contributed by atoms with Gasteiger partial charge in [0, 0.05) is 6.04 Å². The Kier molecular flexibility index (Phi) is 5.11. The molecule has 0 heterocycles. The Morgan fingerprint density at radius 2 is 1.73 bits per heavy atom. The predicted octanol–water partition coefficient (Wildman–Crippen LogP) is 3.98. The fourth-order valence-corrected chi connectivity index (χ4v) is 2.48. The largest absolute Gasteiger partial charge is 0.314 e. The van der Waals surface area contributed by atoms with Gasteiger partial charge in [-0.25, -0.2) is 0 Å². The molecule has 0 amide bonds. The van der Waals surface area contributed by atoms with Crippen molar-refractivity contribution >= 4 is 0 Å². The fourth-order valence-electron chi connectivity index (χ4n) is 2.48. The van der Waals surface area contributed by atoms with E-state index in [2.05, 4.69) is 33.0 Å². The van der Waals surface area contributed by atoms with Crippen LogP contribution in [0, 0.1) is 11.3 Å². The highest BCUT2D eigenvalue weighted by Gasteiger charge is 2.19. The van der Waals surface area contributed by atoms with Crippen molar-refractivity contribution in [3.8, 4) is 0 Å². The lowest BCUT2D eigenvalue weighted by Crippen LogP contribution is -2.36. The molecule has 0 spiro atoms. The lowest BCUT2D eigenvalue weighted by atomic mass is 9.84. The van der Waals surface area contributed by atoms with Crippen LogP contribution in [0.4, 0.5) is 0 Å². The van der Waals surface area contributed by atoms with Crippen molar-refractivity contribution in [2.24, 2.45) is 11.3 Å². The molecular formula is C14H29N. The predicted molar refractivity (Wildman–Crippen MR) is 68.1 cm³/mol. The summed E-state index contributed by atoms with van der Waals surface area (Å²) in [6.45, 7) is 10.5. The molecule has 1 nitrogen and oxygen atoms in total. The SMILES string of the molecule is C[C@H](NCCC(C)(C)C)C1CCCCC1. The maximum absolute atomic E-state index is 3.71. The van der Waals surface area contributed by atoms with Crippen molar-refractivity contribution in [2.75, 3.05) is 6.54 Å². The molecule has 1 aliphatic rings. The zero-order valence-corrected chi connectivity index (χ0v) is 11.1. The lowest BCUT2D eigenvalue weighted by molar-refractivity contribution is 0.268. The Balaban J connectivity index is 2.14. The van der Waals surface area contributed by atoms with Crippen LogP contribution in [-0.4, -0.2) is 12.6 Å². The van der Waals surface area contributed by atoms with Gasteiger partial charge in [-0.1, -0.05) is 40.0 Å². The fraction of sp³-hybridized carbons (Fsp3) is 1.00. The Labute approximate surface area is 96.0 Å². The molecule has 0 aromatic heterocycles. The maximum Gasteiger partial charge on any atom is 0.00670 e. The normalized spacial score (nSPS) is 21.6. The Morgan fingerprint density at radius 1 is 1.13 bits per heavy atom. The minimum atomic E-state index is 0.472. The van der Waals surface area contributed by atoms with Crippen LogP contribution in [0.25, 0.3) is 0 Å². The van der Waals surface area contributed by atoms with Gasteiger partial charge in [0.2, 0.25) is 0 Å². The van der Waals surface area contributed by atoms with Gasteiger partial charge in [0.25, 0.3) is 0 Å². The van der Waals surface area contributed by atoms with Crippen LogP contribution >= 0.6 is 0 Å². The van der Waals surface area contributed by atoms with E-state index in [9.17, 15) is 0 Å². The lowest BCUT2D eigenvalue weighted by Gasteiger charge is -2.29. The summed E-state index contributed by atoms with van der Waals surface area (Å²) in [6.07, 6.45) is 8.55. The molecule has 15 heavy (non-hydrogen) atoms. The first-order valence-electron chi connectivity index (χ1n) is 6.72. The van der Waals surface area contributed by atoms with Crippen molar-refractivity contribution in [1.82, 2.24) is 5.32 Å². The molecule has 1 saturated carbocycles. The first-order valence-corrected chi connectivity index (χ1v) is 6.72. The third-order valence-electron chi connectivity index (χ3n) is 3.70. The van der Waals surface area contributed by atoms with E-state index in [1.54, 1.807) is 0 Å². The van der Waals surface area contributed by atoms with Crippen LogP contribution in [0.15, 0.2) is 0 Å². The molecule has 1 N–H and O–H groups in total. The molecule has 0 radical (unpaired) electrons. The highest BCUT2D eigenvalue weighted by molar-refractivity contribution is 4.76. The molecule has 1 rings (SSSR count). The van der Waals surface area contributed by atoms with E-state index in [0.717, 1.165) is 12.0 Å². The molecule has 1 aliphatic carbocycles. The second-order valence-corrected chi connectivity index (χ2v) is 6.45. The van der Waals surface area contributed by atoms with Gasteiger partial charge >= 0.3 is 0 Å². The molecule has 0 saturated heterocycles. The summed E-state index contributed by atoms with van der Waals surface area (Å²) in [6, 6.07) is 0.729. The van der Waals surface area contributed by atoms with E-state index in [0.29, 0.717) is 5.41 Å². The van der Waals surface area contributed by atoms with E-state index in [1.807, 2.05) is 0 Å². The van der Waals surface area contributed by atoms with Crippen molar-refractivity contribution in [1.29, 1.82) is 0 Å². The van der Waals surface area contributed by atoms with Crippen LogP contribution in [0.2, 0.25) is 0 Å². The topological polar surface area (TPSA) is 12.0 Å². The molecule has 90 valence electrons. The van der Waals surface area contributed by atoms with Gasteiger partial charge in [0.15, 0.2) is 0 Å². The quantitative estimate of drug-likeness (QED) is 0.741. The summed E-state index contributed by atoms with van der Waals surface area (Å²) in [5.74, 6) is 0.943. The zero-order chi connectivity index (χ0) is 11.3. The standard InChI is InChI=1S/C14H29N/c1-12(13-8-6-5-7-9-13)15-11-10-14(2,3)4/h12-13,15H,5-11H2,1-4H3/t12-/m0/s1. The van der Waals surface area contributed by atoms with Gasteiger partial charge in [-0.2, -0.15) is 0 Å². The Hall–Kier alpha value is -0.0400. The van der Waals surface area contributed by atoms with Crippen molar-refractivity contribution in [3.05, 3.63) is 0 Å². The van der Waals surface area contributed by atoms with Gasteiger partial charge in [-0.3, -0.25) is 0 Å². The average Bonchev–Trinajstić information content (AvgIpc) is 2.17. The molecule has 0 aromatic rings. The first kappa shape index (κ1) is 13.0. The molecule has 1 heteroatoms. The molecule has 1 fully saturated rings. The molecular weight excluding hydrogens is 182 g/mol. The average molecular weight is 211 g/mol. The molecule has 1 atom stereocenters. The van der Waals surface area contributed by atoms with Crippen molar-refractivity contribution in [3.63, 3.8) is 0 Å². The summed E-state index contributed by atoms with van der Waals surface area (Å²) in [7, 11) is 0. The summed E-state index contributed by atoms with van der Waals surface area (Å²) < 4.78 is 0. The van der Waals surface area contributed by atoms with E-state index in [-0.39, 0.29) is 0 Å². The van der Waals surface area contributed by atoms with Gasteiger partial charge in [0.05, 0.1) is 0 Å². The second-order valence-electron chi connectivity index (χ2n) is 6.45. The number of rotatable bonds is 4. The van der Waals surface area contributed by atoms with E-state index >= 15 is 0 Å². The molecule has 0 bridgehead atoms. The van der Waals surface area contributed by atoms with Crippen LogP contribution in [0.1, 0.15) is 66.2 Å². The second kappa shape index (κ2) is 5.89. The smallest absolute Gasteiger partial charge is 0.00670 e. The van der Waals surface area contributed by atoms with E-state index < -0.39 is 0 Å². The molecule has 0 aromatic carbocycles. The van der Waals surface area contributed by atoms with Crippen LogP contribution in [0.3, 0.4) is 0 Å². The molecule has 0 aliphatic heterocycles. The third-order valence-corrected chi connectivity index (χ3v) is 3.70. The minimum Gasteiger partial charge on any atom is -0.314 e. The van der Waals surface area contributed by atoms with E-state index in [4.69, 9.17) is 0 Å². The van der Waals surface area contributed by atoms with Crippen LogP contribution in [0.5, 0.6) is 0 Å². The highest BCUT2D eigenvalue weighted by Crippen LogP contribution is 2.26. The maximum atomic E-state index is 3.71. The summed E-state index contributed by atoms with van der Waals surface area (Å²) in [5, 5.41) is 3.71. The Bertz CT molecular complexity index is 163. The van der Waals surface area contributed by atoms with Gasteiger partial charge in [-0.15, -0.1) is 0 Å². The first-order chi connectivity index (χ1) is 6.99. The van der Waals surface area contributed by atoms with Crippen molar-refractivity contribution in [2.45, 2.75) is 72.3 Å². The zero-order valence-electron chi connectivity index (χ0n) is 11.1. The Morgan fingerprint density at radius 3 is 2.27 bits per heavy atom. The summed E-state index contributed by atoms with van der Waals surface area (Å²) in [5.41, 5.74) is 0.472. The molecule has 0 unspecified atom stereocenters. The summed E-state index contributed by atoms with van der Waals surface area (Å²) >= 11 is 0. The highest BCUT2D eigenvalue weighted by atomic mass is 14.9. The third kappa shape index (κ3) is 5.55. The monoisotopic (exact) mass is 211 g/mol. The summed E-state index contributed by atoms with van der Waals surface area (Å²) in [4.78, 5) is 0. The number of nitrogens with one attached hydrogen (secondary N) is 1. The van der Waals surface area contributed by atoms with Gasteiger partial charge in [-0.05, 0) is 44.1 Å². The van der Waals surface area contributed by atoms with Crippen LogP contribution in [-0.2, 0) is 0 Å². The number of hydrogen-bond donors (Lipinski definition) is 1. The van der Waals surface area contributed by atoms with Gasteiger partial charge in [0.1, 0.15) is 0 Å². The van der Waals surface area contributed by atoms with Crippen molar-refractivity contribution < 1.29 is 0 Å². The van der Waals surface area contributed by atoms with Gasteiger partial charge < -0.3 is 5.32 Å². The van der Waals surface area contributed by atoms with E-state index in [1.165, 1.54) is 45.1 Å². The van der Waals surface area contributed by atoms with Crippen LogP contribution < -0.4 is 5.32 Å².